The number of ether oxygens (including phenoxy) is 1. The molecule has 0 saturated heterocycles. The van der Waals surface area contributed by atoms with Gasteiger partial charge in [0.2, 0.25) is 11.8 Å². The van der Waals surface area contributed by atoms with E-state index in [0.717, 1.165) is 16.8 Å². The minimum absolute atomic E-state index is 0.0826. The first kappa shape index (κ1) is 20.6. The van der Waals surface area contributed by atoms with Gasteiger partial charge in [-0.2, -0.15) is 8.78 Å². The molecule has 3 aliphatic rings. The molecule has 0 unspecified atom stereocenters. The van der Waals surface area contributed by atoms with Crippen LogP contribution < -0.4 is 15.8 Å². The molecule has 32 heavy (non-hydrogen) atoms. The van der Waals surface area contributed by atoms with E-state index in [1.807, 2.05) is 18.2 Å². The second kappa shape index (κ2) is 7.13. The highest BCUT2D eigenvalue weighted by atomic mass is 19.3. The molecule has 1 aliphatic heterocycles. The Morgan fingerprint density at radius 2 is 2.06 bits per heavy atom. The second-order valence-corrected chi connectivity index (χ2v) is 8.90. The molecule has 2 heterocycles. The molecule has 1 spiro atoms. The van der Waals surface area contributed by atoms with Crippen molar-refractivity contribution in [3.05, 3.63) is 47.7 Å². The number of rotatable bonds is 5. The molecule has 2 aromatic rings. The van der Waals surface area contributed by atoms with Crippen LogP contribution in [0.5, 0.6) is 5.88 Å². The number of guanidine groups is 1. The van der Waals surface area contributed by atoms with Crippen LogP contribution in [-0.2, 0) is 16.8 Å². The van der Waals surface area contributed by atoms with Crippen molar-refractivity contribution in [2.75, 3.05) is 5.32 Å². The van der Waals surface area contributed by atoms with E-state index in [9.17, 15) is 18.7 Å². The number of amides is 1. The third kappa shape index (κ3) is 3.44. The summed E-state index contributed by atoms with van der Waals surface area (Å²) in [6, 6.07) is 8.56. The second-order valence-electron chi connectivity index (χ2n) is 8.90. The molecule has 168 valence electrons. The lowest BCUT2D eigenvalue weighted by molar-refractivity contribution is -0.139. The topological polar surface area (TPSA) is 113 Å². The van der Waals surface area contributed by atoms with Crippen LogP contribution in [-0.4, -0.2) is 45.1 Å². The van der Waals surface area contributed by atoms with E-state index >= 15 is 0 Å². The average Bonchev–Trinajstić information content (AvgIpc) is 2.67. The molecule has 2 aliphatic carbocycles. The number of anilines is 2. The van der Waals surface area contributed by atoms with Gasteiger partial charge in [-0.05, 0) is 43.0 Å². The van der Waals surface area contributed by atoms with Crippen LogP contribution in [0.3, 0.4) is 0 Å². The highest BCUT2D eigenvalue weighted by Gasteiger charge is 2.53. The maximum Gasteiger partial charge on any atom is 0.388 e. The Kier molecular flexibility index (Phi) is 4.59. The van der Waals surface area contributed by atoms with E-state index in [1.165, 1.54) is 17.2 Å². The Morgan fingerprint density at radius 1 is 1.28 bits per heavy atom. The first-order valence-corrected chi connectivity index (χ1v) is 10.4. The highest BCUT2D eigenvalue weighted by molar-refractivity contribution is 6.00. The van der Waals surface area contributed by atoms with Crippen molar-refractivity contribution >= 4 is 23.2 Å². The number of aliphatic hydroxyl groups is 1. The minimum atomic E-state index is -2.93. The number of nitrogens with zero attached hydrogens (tertiary/aromatic N) is 3. The van der Waals surface area contributed by atoms with Crippen LogP contribution in [0.2, 0.25) is 0 Å². The molecule has 8 nitrogen and oxygen atoms in total. The first-order valence-electron chi connectivity index (χ1n) is 10.4. The van der Waals surface area contributed by atoms with Crippen LogP contribution in [0.25, 0.3) is 0 Å². The number of nitrogens with one attached hydrogen (secondary N) is 1. The predicted octanol–water partition coefficient (Wildman–Crippen LogP) is 2.64. The van der Waals surface area contributed by atoms with Crippen LogP contribution in [0, 0.1) is 0 Å². The minimum Gasteiger partial charge on any atom is -0.417 e. The number of fused-ring (bicyclic) bond motifs is 2. The number of alkyl halides is 2. The number of aromatic nitrogens is 1. The summed E-state index contributed by atoms with van der Waals surface area (Å²) < 4.78 is 28.9. The van der Waals surface area contributed by atoms with Crippen LogP contribution in [0.1, 0.15) is 37.3 Å². The lowest BCUT2D eigenvalue weighted by atomic mass is 9.67. The van der Waals surface area contributed by atoms with E-state index in [1.54, 1.807) is 13.0 Å². The number of carbonyl (C=O) groups is 1. The van der Waals surface area contributed by atoms with Crippen LogP contribution in [0.15, 0.2) is 41.5 Å². The van der Waals surface area contributed by atoms with Gasteiger partial charge in [0, 0.05) is 24.2 Å². The van der Waals surface area contributed by atoms with Gasteiger partial charge < -0.3 is 20.9 Å². The zero-order valence-corrected chi connectivity index (χ0v) is 17.4. The van der Waals surface area contributed by atoms with Crippen molar-refractivity contribution in [2.24, 2.45) is 10.7 Å². The van der Waals surface area contributed by atoms with Gasteiger partial charge in [-0.15, -0.1) is 0 Å². The average molecular weight is 443 g/mol. The van der Waals surface area contributed by atoms with Crippen LogP contribution >= 0.6 is 0 Å². The van der Waals surface area contributed by atoms with Crippen molar-refractivity contribution in [1.29, 1.82) is 0 Å². The fraction of sp³-hybridized carbons (Fsp3) is 0.409. The number of nitrogens with two attached hydrogens (primary N) is 1. The molecule has 1 aromatic carbocycles. The van der Waals surface area contributed by atoms with Gasteiger partial charge in [-0.25, -0.2) is 9.98 Å². The van der Waals surface area contributed by atoms with Crippen molar-refractivity contribution < 1.29 is 23.4 Å². The maximum absolute atomic E-state index is 12.9. The van der Waals surface area contributed by atoms with Gasteiger partial charge in [0.15, 0.2) is 5.96 Å². The van der Waals surface area contributed by atoms with E-state index in [2.05, 4.69) is 15.0 Å². The lowest BCUT2D eigenvalue weighted by Gasteiger charge is -2.51. The predicted molar refractivity (Wildman–Crippen MR) is 113 cm³/mol. The van der Waals surface area contributed by atoms with E-state index in [4.69, 9.17) is 10.7 Å². The van der Waals surface area contributed by atoms with Crippen LogP contribution in [0.4, 0.5) is 20.2 Å². The number of hydrogen-bond acceptors (Lipinski definition) is 7. The summed E-state index contributed by atoms with van der Waals surface area (Å²) in [5, 5.41) is 13.2. The van der Waals surface area contributed by atoms with Crippen molar-refractivity contribution in [1.82, 2.24) is 9.88 Å². The van der Waals surface area contributed by atoms with E-state index in [-0.39, 0.29) is 30.2 Å². The maximum atomic E-state index is 12.9. The van der Waals surface area contributed by atoms with E-state index < -0.39 is 17.8 Å². The van der Waals surface area contributed by atoms with E-state index in [0.29, 0.717) is 24.9 Å². The summed E-state index contributed by atoms with van der Waals surface area (Å²) in [5.41, 5.74) is 8.17. The van der Waals surface area contributed by atoms with Crippen molar-refractivity contribution in [3.8, 4) is 5.88 Å². The summed E-state index contributed by atoms with van der Waals surface area (Å²) in [6.45, 7) is -1.18. The normalized spacial score (nSPS) is 28.7. The Hall–Kier alpha value is -3.27. The summed E-state index contributed by atoms with van der Waals surface area (Å²) in [7, 11) is 0. The smallest absolute Gasteiger partial charge is 0.388 e. The molecule has 4 N–H and O–H groups in total. The zero-order valence-electron chi connectivity index (χ0n) is 17.4. The molecular formula is C22H23F2N5O3. The quantitative estimate of drug-likeness (QED) is 0.655. The monoisotopic (exact) mass is 443 g/mol. The Bertz CT molecular complexity index is 1100. The summed E-state index contributed by atoms with van der Waals surface area (Å²) in [6.07, 6.45) is 3.17. The number of carbonyl (C=O) groups excluding carboxylic acids is 1. The van der Waals surface area contributed by atoms with Gasteiger partial charge >= 0.3 is 6.61 Å². The fourth-order valence-electron chi connectivity index (χ4n) is 4.94. The molecule has 1 saturated carbocycles. The number of pyridine rings is 1. The largest absolute Gasteiger partial charge is 0.417 e. The number of halogens is 2. The summed E-state index contributed by atoms with van der Waals surface area (Å²) in [4.78, 5) is 23.1. The molecule has 0 radical (unpaired) electrons. The van der Waals surface area contributed by atoms with Gasteiger partial charge in [0.05, 0.1) is 23.9 Å². The molecule has 1 amide bonds. The Morgan fingerprint density at radius 3 is 2.69 bits per heavy atom. The summed E-state index contributed by atoms with van der Waals surface area (Å²) in [5.74, 6) is -0.0426. The van der Waals surface area contributed by atoms with Gasteiger partial charge in [-0.3, -0.25) is 9.69 Å². The zero-order chi connectivity index (χ0) is 22.7. The fourth-order valence-corrected chi connectivity index (χ4v) is 4.94. The Labute approximate surface area is 183 Å². The number of aliphatic imine (C=N–C) groups is 1. The standard InChI is InChI=1S/C22H23F2N5O3/c1-21(31)7-13(8-21)29-18(30)10-22(28-20(29)25)9-14-15(22)3-2-4-16(14)27-12-5-6-17(26-11-12)32-19(23)24/h2-6,11,13,19,27,31H,7-10H2,1H3,(H2,25,28)/t13?,21?,22-/m0/s1. The van der Waals surface area contributed by atoms with Gasteiger partial charge in [-0.1, -0.05) is 12.1 Å². The molecule has 10 heteroatoms. The molecule has 5 rings (SSSR count). The summed E-state index contributed by atoms with van der Waals surface area (Å²) >= 11 is 0. The molecular weight excluding hydrogens is 420 g/mol. The Balaban J connectivity index is 1.35. The SMILES string of the molecule is CC1(O)CC(N2C(=O)C[C@]3(Cc4c(Nc5ccc(OC(F)F)nc5)cccc43)N=C2N)C1. The van der Waals surface area contributed by atoms with Crippen molar-refractivity contribution in [3.63, 3.8) is 0 Å². The highest BCUT2D eigenvalue weighted by Crippen LogP contribution is 2.51. The third-order valence-electron chi connectivity index (χ3n) is 6.38. The molecule has 1 aromatic heterocycles. The number of hydrogen-bond donors (Lipinski definition) is 3. The number of benzene rings is 1. The molecule has 1 fully saturated rings. The third-order valence-corrected chi connectivity index (χ3v) is 6.38. The van der Waals surface area contributed by atoms with Crippen molar-refractivity contribution in [2.45, 2.75) is 56.4 Å². The lowest BCUT2D eigenvalue weighted by Crippen LogP contribution is -2.62. The van der Waals surface area contributed by atoms with Gasteiger partial charge in [0.25, 0.3) is 0 Å². The van der Waals surface area contributed by atoms with Gasteiger partial charge in [0.1, 0.15) is 5.54 Å². The first-order chi connectivity index (χ1) is 15.2. The molecule has 1 atom stereocenters. The molecule has 0 bridgehead atoms.